The van der Waals surface area contributed by atoms with Crippen molar-refractivity contribution in [1.29, 1.82) is 0 Å². The van der Waals surface area contributed by atoms with E-state index in [1.807, 2.05) is 0 Å². The summed E-state index contributed by atoms with van der Waals surface area (Å²) in [5, 5.41) is 0. The molecule has 0 unspecified atom stereocenters. The Bertz CT molecular complexity index is 370. The van der Waals surface area contributed by atoms with Gasteiger partial charge in [-0.2, -0.15) is 0 Å². The molecule has 71 valence electrons. The van der Waals surface area contributed by atoms with Crippen molar-refractivity contribution in [3.63, 3.8) is 0 Å². The summed E-state index contributed by atoms with van der Waals surface area (Å²) in [5.41, 5.74) is 0.902. The fourth-order valence-electron chi connectivity index (χ4n) is 0.822. The van der Waals surface area contributed by atoms with Crippen LogP contribution in [0.5, 0.6) is 0 Å². The van der Waals surface area contributed by atoms with Crippen LogP contribution >= 0.6 is 12.6 Å². The molecule has 0 saturated heterocycles. The van der Waals surface area contributed by atoms with Crippen LogP contribution in [-0.2, 0) is 16.6 Å². The third-order valence-corrected chi connectivity index (χ3v) is 2.40. The van der Waals surface area contributed by atoms with Crippen molar-refractivity contribution in [2.24, 2.45) is 0 Å². The number of hydrogen-bond acceptors (Lipinski definition) is 2. The molecule has 5 heteroatoms. The molecule has 0 amide bonds. The third kappa shape index (κ3) is 4.21. The fraction of sp³-hybridized carbons (Fsp3) is 0.250. The third-order valence-electron chi connectivity index (χ3n) is 1.46. The Hall–Kier alpha value is -0.650. The summed E-state index contributed by atoms with van der Waals surface area (Å²) in [6, 6.07) is 7.16. The maximum absolute atomic E-state index is 10.7. The molecule has 0 bridgehead atoms. The molecule has 0 aliphatic rings. The van der Waals surface area contributed by atoms with E-state index in [4.69, 9.17) is 12.6 Å². The predicted molar refractivity (Wildman–Crippen MR) is 54.0 cm³/mol. The van der Waals surface area contributed by atoms with Gasteiger partial charge in [-0.3, -0.25) is 0 Å². The lowest BCUT2D eigenvalue weighted by Gasteiger charge is -2.01. The van der Waals surface area contributed by atoms with Gasteiger partial charge in [0.2, 0.25) is 10.0 Å². The van der Waals surface area contributed by atoms with Crippen LogP contribution in [0, 0.1) is 0 Å². The number of nitrogens with one attached hydrogen (secondary N) is 1. The molecule has 1 aromatic carbocycles. The topological polar surface area (TPSA) is 46.2 Å². The van der Waals surface area contributed by atoms with Gasteiger partial charge in [-0.25, -0.2) is 13.1 Å². The highest BCUT2D eigenvalue weighted by molar-refractivity contribution is 7.88. The van der Waals surface area contributed by atoms with Gasteiger partial charge >= 0.3 is 0 Å². The molecular weight excluding hydrogens is 206 g/mol. The van der Waals surface area contributed by atoms with Crippen LogP contribution in [0.2, 0.25) is 0 Å². The molecule has 0 spiro atoms. The second kappa shape index (κ2) is 4.04. The van der Waals surface area contributed by atoms with Crippen LogP contribution in [0.3, 0.4) is 0 Å². The Kier molecular flexibility index (Phi) is 3.24. The zero-order valence-corrected chi connectivity index (χ0v) is 8.78. The maximum atomic E-state index is 10.7. The van der Waals surface area contributed by atoms with Crippen LogP contribution in [0.25, 0.3) is 0 Å². The van der Waals surface area contributed by atoms with Gasteiger partial charge in [-0.15, -0.1) is 0 Å². The Labute approximate surface area is 83.6 Å². The van der Waals surface area contributed by atoms with E-state index in [2.05, 4.69) is 4.72 Å². The average Bonchev–Trinajstić information content (AvgIpc) is 2.02. The van der Waals surface area contributed by atoms with Crippen LogP contribution < -0.4 is 4.72 Å². The summed E-state index contributed by atoms with van der Waals surface area (Å²) in [6.07, 6.45) is 1.13. The van der Waals surface area contributed by atoms with Gasteiger partial charge in [0, 0.05) is 11.4 Å². The average molecular weight is 216 g/mol. The minimum Gasteiger partial charge on any atom is -0.213 e. The summed E-state index contributed by atoms with van der Waals surface area (Å²) in [5.74, 6) is 0. The Balaban J connectivity index is 2.61. The minimum absolute atomic E-state index is 0.314. The lowest BCUT2D eigenvalue weighted by Crippen LogP contribution is -2.21. The molecule has 0 heterocycles. The predicted octanol–water partition coefficient (Wildman–Crippen LogP) is 1.29. The molecule has 0 atom stereocenters. The summed E-state index contributed by atoms with van der Waals surface area (Å²) in [4.78, 5) is 0.753. The molecule has 0 aliphatic carbocycles. The second-order valence-electron chi connectivity index (χ2n) is 2.74. The summed E-state index contributed by atoms with van der Waals surface area (Å²) >= 11 is 4.89. The quantitative estimate of drug-likeness (QED) is 0.827. The molecule has 0 fully saturated rings. The van der Waals surface area contributed by atoms with E-state index in [1.54, 1.807) is 24.3 Å². The normalized spacial score (nSPS) is 11.5. The summed E-state index contributed by atoms with van der Waals surface area (Å²) in [7, 11) is -3.11. The number of hydrogen-bond donors (Lipinski definition) is 1. The highest BCUT2D eigenvalue weighted by Gasteiger charge is 1.99. The molecule has 0 aromatic heterocycles. The zero-order chi connectivity index (χ0) is 9.90. The van der Waals surface area contributed by atoms with Gasteiger partial charge in [0.05, 0.1) is 6.26 Å². The highest BCUT2D eigenvalue weighted by Crippen LogP contribution is 2.07. The van der Waals surface area contributed by atoms with Crippen molar-refractivity contribution >= 4 is 22.7 Å². The van der Waals surface area contributed by atoms with E-state index < -0.39 is 10.0 Å². The standard InChI is InChI=1S/C8H10NO2S2/c1-13(10,11)9-6-7-2-4-8(12)5-3-7/h2-5,9H,6H2,1H3. The van der Waals surface area contributed by atoms with E-state index in [9.17, 15) is 8.42 Å². The van der Waals surface area contributed by atoms with Gasteiger partial charge < -0.3 is 0 Å². The Morgan fingerprint density at radius 3 is 2.31 bits per heavy atom. The lowest BCUT2D eigenvalue weighted by atomic mass is 10.2. The lowest BCUT2D eigenvalue weighted by molar-refractivity contribution is 0.587. The van der Waals surface area contributed by atoms with E-state index >= 15 is 0 Å². The van der Waals surface area contributed by atoms with Gasteiger partial charge in [0.1, 0.15) is 0 Å². The van der Waals surface area contributed by atoms with Crippen molar-refractivity contribution < 1.29 is 8.42 Å². The molecular formula is C8H10NO2S2. The van der Waals surface area contributed by atoms with Gasteiger partial charge in [-0.05, 0) is 17.7 Å². The largest absolute Gasteiger partial charge is 0.213 e. The monoisotopic (exact) mass is 216 g/mol. The van der Waals surface area contributed by atoms with Crippen LogP contribution in [0.4, 0.5) is 0 Å². The smallest absolute Gasteiger partial charge is 0.209 e. The van der Waals surface area contributed by atoms with Gasteiger partial charge in [0.15, 0.2) is 0 Å². The molecule has 0 aliphatic heterocycles. The maximum Gasteiger partial charge on any atom is 0.209 e. The fourth-order valence-corrected chi connectivity index (χ4v) is 1.39. The Morgan fingerprint density at radius 2 is 1.85 bits per heavy atom. The first kappa shape index (κ1) is 10.4. The Morgan fingerprint density at radius 1 is 1.31 bits per heavy atom. The van der Waals surface area contributed by atoms with Crippen molar-refractivity contribution in [2.75, 3.05) is 6.26 Å². The van der Waals surface area contributed by atoms with E-state index in [0.29, 0.717) is 6.54 Å². The second-order valence-corrected chi connectivity index (χ2v) is 5.04. The van der Waals surface area contributed by atoms with E-state index in [0.717, 1.165) is 16.7 Å². The molecule has 1 rings (SSSR count). The van der Waals surface area contributed by atoms with Crippen LogP contribution in [0.1, 0.15) is 5.56 Å². The van der Waals surface area contributed by atoms with Crippen molar-refractivity contribution in [1.82, 2.24) is 4.72 Å². The molecule has 13 heavy (non-hydrogen) atoms. The first-order valence-corrected chi connectivity index (χ1v) is 5.98. The van der Waals surface area contributed by atoms with Crippen LogP contribution in [0.15, 0.2) is 29.2 Å². The zero-order valence-electron chi connectivity index (χ0n) is 7.15. The molecule has 1 aromatic rings. The minimum atomic E-state index is -3.11. The van der Waals surface area contributed by atoms with Crippen molar-refractivity contribution in [2.45, 2.75) is 11.4 Å². The summed E-state index contributed by atoms with van der Waals surface area (Å²) < 4.78 is 23.9. The van der Waals surface area contributed by atoms with E-state index in [1.165, 1.54) is 0 Å². The highest BCUT2D eigenvalue weighted by atomic mass is 32.2. The number of sulfonamides is 1. The van der Waals surface area contributed by atoms with Crippen molar-refractivity contribution in [3.05, 3.63) is 29.8 Å². The summed E-state index contributed by atoms with van der Waals surface area (Å²) in [6.45, 7) is 0.314. The number of benzene rings is 1. The van der Waals surface area contributed by atoms with Crippen LogP contribution in [-0.4, -0.2) is 14.7 Å². The molecule has 1 N–H and O–H groups in total. The van der Waals surface area contributed by atoms with Gasteiger partial charge in [0.25, 0.3) is 0 Å². The molecule has 0 saturated carbocycles. The first-order valence-electron chi connectivity index (χ1n) is 3.68. The van der Waals surface area contributed by atoms with Crippen molar-refractivity contribution in [3.8, 4) is 0 Å². The molecule has 1 radical (unpaired) electrons. The SMILES string of the molecule is CS(=O)(=O)NCc1ccc([S])cc1. The van der Waals surface area contributed by atoms with E-state index in [-0.39, 0.29) is 0 Å². The number of rotatable bonds is 3. The van der Waals surface area contributed by atoms with Gasteiger partial charge in [-0.1, -0.05) is 24.8 Å². The molecule has 3 nitrogen and oxygen atoms in total. The first-order chi connectivity index (χ1) is 5.97.